The highest BCUT2D eigenvalue weighted by molar-refractivity contribution is 5.14. The molecule has 0 spiro atoms. The van der Waals surface area contributed by atoms with E-state index in [-0.39, 0.29) is 0 Å². The Bertz CT molecular complexity index is 305. The van der Waals surface area contributed by atoms with Gasteiger partial charge in [0.1, 0.15) is 0 Å². The van der Waals surface area contributed by atoms with Gasteiger partial charge in [0.25, 0.3) is 0 Å². The Morgan fingerprint density at radius 2 is 1.69 bits per heavy atom. The van der Waals surface area contributed by atoms with E-state index in [0.717, 1.165) is 0 Å². The Balaban J connectivity index is 1.76. The highest BCUT2D eigenvalue weighted by Gasteiger charge is 2.24. The van der Waals surface area contributed by atoms with E-state index >= 15 is 0 Å². The van der Waals surface area contributed by atoms with Gasteiger partial charge in [-0.3, -0.25) is 0 Å². The number of nitrogens with zero attached hydrogens (tertiary/aromatic N) is 1. The van der Waals surface area contributed by atoms with Crippen molar-refractivity contribution in [2.45, 2.75) is 33.1 Å². The van der Waals surface area contributed by atoms with Crippen LogP contribution in [0.3, 0.4) is 0 Å². The summed E-state index contributed by atoms with van der Waals surface area (Å²) >= 11 is 0. The molecule has 0 saturated carbocycles. The summed E-state index contributed by atoms with van der Waals surface area (Å²) < 4.78 is 0. The molecule has 1 nitrogen and oxygen atoms in total. The van der Waals surface area contributed by atoms with Crippen LogP contribution in [0.1, 0.15) is 32.3 Å². The minimum absolute atomic E-state index is 0.573. The molecule has 0 aromatic heterocycles. The maximum absolute atomic E-state index is 2.61. The van der Waals surface area contributed by atoms with Gasteiger partial charge in [-0.05, 0) is 43.3 Å². The molecule has 0 aliphatic carbocycles. The summed E-state index contributed by atoms with van der Waals surface area (Å²) in [4.78, 5) is 2.61. The fourth-order valence-corrected chi connectivity index (χ4v) is 2.31. The Morgan fingerprint density at radius 1 is 1.06 bits per heavy atom. The van der Waals surface area contributed by atoms with Crippen molar-refractivity contribution in [3.05, 3.63) is 35.9 Å². The van der Waals surface area contributed by atoms with Crippen LogP contribution in [-0.2, 0) is 6.42 Å². The molecule has 1 fully saturated rings. The van der Waals surface area contributed by atoms with Gasteiger partial charge in [0, 0.05) is 6.54 Å². The van der Waals surface area contributed by atoms with Crippen molar-refractivity contribution in [1.82, 2.24) is 4.90 Å². The lowest BCUT2D eigenvalue weighted by Crippen LogP contribution is -2.38. The van der Waals surface area contributed by atoms with Gasteiger partial charge in [0.15, 0.2) is 0 Å². The number of benzene rings is 1. The molecule has 1 aliphatic rings. The summed E-state index contributed by atoms with van der Waals surface area (Å²) in [6, 6.07) is 10.8. The summed E-state index contributed by atoms with van der Waals surface area (Å²) in [5.74, 6) is 0. The fraction of sp³-hybridized carbons (Fsp3) is 0.600. The third-order valence-electron chi connectivity index (χ3n) is 3.77. The van der Waals surface area contributed by atoms with Crippen LogP contribution in [0.15, 0.2) is 30.3 Å². The highest BCUT2D eigenvalue weighted by Crippen LogP contribution is 2.29. The lowest BCUT2D eigenvalue weighted by atomic mass is 9.82. The lowest BCUT2D eigenvalue weighted by molar-refractivity contribution is 0.134. The first kappa shape index (κ1) is 11.7. The minimum Gasteiger partial charge on any atom is -0.303 e. The van der Waals surface area contributed by atoms with Crippen molar-refractivity contribution in [2.24, 2.45) is 5.41 Å². The van der Waals surface area contributed by atoms with Gasteiger partial charge in [0.2, 0.25) is 0 Å². The van der Waals surface area contributed by atoms with Crippen molar-refractivity contribution in [3.8, 4) is 0 Å². The highest BCUT2D eigenvalue weighted by atomic mass is 15.1. The zero-order valence-corrected chi connectivity index (χ0v) is 10.6. The van der Waals surface area contributed by atoms with Gasteiger partial charge in [0.05, 0.1) is 0 Å². The Kier molecular flexibility index (Phi) is 3.65. The summed E-state index contributed by atoms with van der Waals surface area (Å²) in [5, 5.41) is 0. The number of rotatable bonds is 3. The molecule has 1 aromatic rings. The first-order chi connectivity index (χ1) is 7.66. The predicted molar refractivity (Wildman–Crippen MR) is 69.6 cm³/mol. The van der Waals surface area contributed by atoms with Crippen LogP contribution in [0.5, 0.6) is 0 Å². The summed E-state index contributed by atoms with van der Waals surface area (Å²) in [7, 11) is 0. The number of hydrogen-bond acceptors (Lipinski definition) is 1. The van der Waals surface area contributed by atoms with Crippen LogP contribution < -0.4 is 0 Å². The second kappa shape index (κ2) is 5.01. The average Bonchev–Trinajstić information content (AvgIpc) is 2.29. The van der Waals surface area contributed by atoms with E-state index in [1.165, 1.54) is 44.5 Å². The van der Waals surface area contributed by atoms with Gasteiger partial charge in [-0.15, -0.1) is 0 Å². The molecular weight excluding hydrogens is 194 g/mol. The number of likely N-dealkylation sites (tertiary alicyclic amines) is 1. The zero-order valence-electron chi connectivity index (χ0n) is 10.6. The van der Waals surface area contributed by atoms with Crippen LogP contribution in [-0.4, -0.2) is 24.5 Å². The summed E-state index contributed by atoms with van der Waals surface area (Å²) in [5.41, 5.74) is 2.04. The summed E-state index contributed by atoms with van der Waals surface area (Å²) in [6.45, 7) is 8.56. The standard InChI is InChI=1S/C15H23N/c1-15(2)9-12-16(13-10-15)11-8-14-6-4-3-5-7-14/h3-7H,8-13H2,1-2H3. The van der Waals surface area contributed by atoms with Gasteiger partial charge in [-0.25, -0.2) is 0 Å². The van der Waals surface area contributed by atoms with Crippen molar-refractivity contribution < 1.29 is 0 Å². The van der Waals surface area contributed by atoms with E-state index in [1.807, 2.05) is 0 Å². The molecule has 1 aromatic carbocycles. The van der Waals surface area contributed by atoms with Gasteiger partial charge in [-0.1, -0.05) is 44.2 Å². The second-order valence-corrected chi connectivity index (χ2v) is 5.74. The molecule has 1 saturated heterocycles. The molecule has 16 heavy (non-hydrogen) atoms. The largest absolute Gasteiger partial charge is 0.303 e. The zero-order chi connectivity index (χ0) is 11.4. The molecule has 1 heterocycles. The van der Waals surface area contributed by atoms with E-state index in [9.17, 15) is 0 Å². The molecule has 88 valence electrons. The van der Waals surface area contributed by atoms with Crippen molar-refractivity contribution in [1.29, 1.82) is 0 Å². The van der Waals surface area contributed by atoms with Crippen LogP contribution in [0.4, 0.5) is 0 Å². The van der Waals surface area contributed by atoms with Crippen LogP contribution >= 0.6 is 0 Å². The second-order valence-electron chi connectivity index (χ2n) is 5.74. The Morgan fingerprint density at radius 3 is 2.31 bits per heavy atom. The van der Waals surface area contributed by atoms with Crippen LogP contribution in [0.2, 0.25) is 0 Å². The normalized spacial score (nSPS) is 20.9. The first-order valence-corrected chi connectivity index (χ1v) is 6.42. The molecular formula is C15H23N. The maximum atomic E-state index is 2.61. The lowest BCUT2D eigenvalue weighted by Gasteiger charge is -2.36. The number of piperidine rings is 1. The fourth-order valence-electron chi connectivity index (χ4n) is 2.31. The average molecular weight is 217 g/mol. The van der Waals surface area contributed by atoms with E-state index in [1.54, 1.807) is 0 Å². The number of hydrogen-bond donors (Lipinski definition) is 0. The van der Waals surface area contributed by atoms with Crippen molar-refractivity contribution in [3.63, 3.8) is 0 Å². The summed E-state index contributed by atoms with van der Waals surface area (Å²) in [6.07, 6.45) is 3.89. The molecule has 0 amide bonds. The molecule has 0 atom stereocenters. The minimum atomic E-state index is 0.573. The molecule has 0 unspecified atom stereocenters. The molecule has 2 rings (SSSR count). The monoisotopic (exact) mass is 217 g/mol. The van der Waals surface area contributed by atoms with E-state index in [0.29, 0.717) is 5.41 Å². The van der Waals surface area contributed by atoms with E-state index in [4.69, 9.17) is 0 Å². The van der Waals surface area contributed by atoms with Gasteiger partial charge in [-0.2, -0.15) is 0 Å². The Labute approximate surface area is 99.5 Å². The Hall–Kier alpha value is -0.820. The van der Waals surface area contributed by atoms with E-state index < -0.39 is 0 Å². The third-order valence-corrected chi connectivity index (χ3v) is 3.77. The molecule has 0 bridgehead atoms. The predicted octanol–water partition coefficient (Wildman–Crippen LogP) is 3.35. The van der Waals surface area contributed by atoms with Crippen molar-refractivity contribution in [2.75, 3.05) is 19.6 Å². The SMILES string of the molecule is CC1(C)CCN(CCc2ccccc2)CC1. The molecule has 0 radical (unpaired) electrons. The van der Waals surface area contributed by atoms with Crippen LogP contribution in [0.25, 0.3) is 0 Å². The van der Waals surface area contributed by atoms with Gasteiger partial charge >= 0.3 is 0 Å². The van der Waals surface area contributed by atoms with Crippen LogP contribution in [0, 0.1) is 5.41 Å². The third kappa shape index (κ3) is 3.34. The van der Waals surface area contributed by atoms with Crippen molar-refractivity contribution >= 4 is 0 Å². The quantitative estimate of drug-likeness (QED) is 0.750. The molecule has 1 aliphatic heterocycles. The topological polar surface area (TPSA) is 3.24 Å². The maximum Gasteiger partial charge on any atom is 0.00218 e. The molecule has 1 heteroatoms. The smallest absolute Gasteiger partial charge is 0.00218 e. The van der Waals surface area contributed by atoms with E-state index in [2.05, 4.69) is 49.1 Å². The molecule has 0 N–H and O–H groups in total. The van der Waals surface area contributed by atoms with Gasteiger partial charge < -0.3 is 4.90 Å². The first-order valence-electron chi connectivity index (χ1n) is 6.42.